The number of nitrogens with zero attached hydrogens (tertiary/aromatic N) is 1. The molecule has 1 aromatic heterocycles. The first-order valence-corrected chi connectivity index (χ1v) is 19.2. The summed E-state index contributed by atoms with van der Waals surface area (Å²) in [5.74, 6) is 0. The standard InChI is InChI=1S/C54H35NO/c1-3-15-44-38(11-1)13-9-19-45(44)40-25-23-36(24-26-40)37-27-31-43(32-28-37)55(52-21-10-14-39-12-2-4-16-46(39)52)51-20-7-5-17-47(51)41-29-33-48-42(35-41)30-34-50-49-18-6-8-22-53(49)56-54(48)50/h1-35H. The second-order valence-electron chi connectivity index (χ2n) is 14.5. The number of hydrogen-bond donors (Lipinski definition) is 0. The van der Waals surface area contributed by atoms with Gasteiger partial charge in [-0.15, -0.1) is 0 Å². The predicted molar refractivity (Wildman–Crippen MR) is 237 cm³/mol. The molecule has 0 aliphatic carbocycles. The Balaban J connectivity index is 1.01. The second-order valence-corrected chi connectivity index (χ2v) is 14.5. The van der Waals surface area contributed by atoms with Gasteiger partial charge in [-0.25, -0.2) is 0 Å². The van der Waals surface area contributed by atoms with Crippen LogP contribution in [0.4, 0.5) is 17.1 Å². The molecule has 11 aromatic rings. The van der Waals surface area contributed by atoms with E-state index in [1.807, 2.05) is 12.1 Å². The van der Waals surface area contributed by atoms with Crippen molar-refractivity contribution in [2.75, 3.05) is 4.90 Å². The van der Waals surface area contributed by atoms with E-state index < -0.39 is 0 Å². The summed E-state index contributed by atoms with van der Waals surface area (Å²) >= 11 is 0. The monoisotopic (exact) mass is 713 g/mol. The van der Waals surface area contributed by atoms with E-state index in [4.69, 9.17) is 4.42 Å². The molecule has 0 spiro atoms. The van der Waals surface area contributed by atoms with E-state index in [1.165, 1.54) is 43.8 Å². The van der Waals surface area contributed by atoms with Gasteiger partial charge in [-0.2, -0.15) is 0 Å². The second kappa shape index (κ2) is 13.2. The van der Waals surface area contributed by atoms with Crippen molar-refractivity contribution in [3.8, 4) is 33.4 Å². The molecule has 0 atom stereocenters. The number of fused-ring (bicyclic) bond motifs is 7. The number of rotatable bonds is 6. The van der Waals surface area contributed by atoms with E-state index in [0.29, 0.717) is 0 Å². The Labute approximate surface area is 325 Å². The summed E-state index contributed by atoms with van der Waals surface area (Å²) < 4.78 is 6.40. The van der Waals surface area contributed by atoms with Crippen LogP contribution in [0.1, 0.15) is 0 Å². The first-order valence-electron chi connectivity index (χ1n) is 19.2. The van der Waals surface area contributed by atoms with Crippen LogP contribution in [0.25, 0.3) is 87.6 Å². The average molecular weight is 714 g/mol. The zero-order chi connectivity index (χ0) is 37.0. The van der Waals surface area contributed by atoms with Gasteiger partial charge in [-0.1, -0.05) is 164 Å². The predicted octanol–water partition coefficient (Wildman–Crippen LogP) is 15.5. The maximum absolute atomic E-state index is 6.40. The van der Waals surface area contributed by atoms with Crippen LogP contribution >= 0.6 is 0 Å². The average Bonchev–Trinajstić information content (AvgIpc) is 3.66. The van der Waals surface area contributed by atoms with Gasteiger partial charge in [0.2, 0.25) is 0 Å². The van der Waals surface area contributed by atoms with Crippen molar-refractivity contribution in [2.24, 2.45) is 0 Å². The summed E-state index contributed by atoms with van der Waals surface area (Å²) in [4.78, 5) is 2.41. The molecule has 56 heavy (non-hydrogen) atoms. The Morgan fingerprint density at radius 1 is 0.304 bits per heavy atom. The summed E-state index contributed by atoms with van der Waals surface area (Å²) in [5, 5.41) is 9.49. The summed E-state index contributed by atoms with van der Waals surface area (Å²) in [6.45, 7) is 0. The molecule has 0 aliphatic heterocycles. The van der Waals surface area contributed by atoms with Crippen molar-refractivity contribution in [3.63, 3.8) is 0 Å². The molecule has 1 heterocycles. The van der Waals surface area contributed by atoms with Gasteiger partial charge in [-0.05, 0) is 97.9 Å². The van der Waals surface area contributed by atoms with Gasteiger partial charge in [0.15, 0.2) is 0 Å². The molecule has 11 rings (SSSR count). The van der Waals surface area contributed by atoms with Gasteiger partial charge in [0.05, 0.1) is 11.4 Å². The Bertz CT molecular complexity index is 3230. The van der Waals surface area contributed by atoms with Gasteiger partial charge < -0.3 is 9.32 Å². The van der Waals surface area contributed by atoms with Crippen molar-refractivity contribution in [2.45, 2.75) is 0 Å². The van der Waals surface area contributed by atoms with Crippen LogP contribution in [0, 0.1) is 0 Å². The maximum Gasteiger partial charge on any atom is 0.143 e. The van der Waals surface area contributed by atoms with E-state index >= 15 is 0 Å². The SMILES string of the molecule is c1ccc(N(c2ccc(-c3ccc(-c4cccc5ccccc45)cc3)cc2)c2cccc3ccccc23)c(-c2ccc3c(ccc4c5ccccc5oc34)c2)c1. The molecule has 0 unspecified atom stereocenters. The number of anilines is 3. The van der Waals surface area contributed by atoms with Crippen LogP contribution < -0.4 is 4.90 Å². The van der Waals surface area contributed by atoms with Gasteiger partial charge in [0, 0.05) is 32.8 Å². The fourth-order valence-electron chi connectivity index (χ4n) is 8.53. The van der Waals surface area contributed by atoms with Crippen LogP contribution in [0.2, 0.25) is 0 Å². The Hall–Kier alpha value is -7.42. The molecule has 0 aliphatic rings. The van der Waals surface area contributed by atoms with E-state index in [-0.39, 0.29) is 0 Å². The molecule has 0 saturated carbocycles. The molecular formula is C54H35NO. The molecule has 0 N–H and O–H groups in total. The van der Waals surface area contributed by atoms with Crippen LogP contribution in [0.15, 0.2) is 217 Å². The maximum atomic E-state index is 6.40. The molecule has 10 aromatic carbocycles. The quantitative estimate of drug-likeness (QED) is 0.171. The van der Waals surface area contributed by atoms with Crippen LogP contribution in [0.3, 0.4) is 0 Å². The fraction of sp³-hybridized carbons (Fsp3) is 0. The first kappa shape index (κ1) is 32.0. The molecule has 2 heteroatoms. The molecule has 0 amide bonds. The molecule has 262 valence electrons. The zero-order valence-electron chi connectivity index (χ0n) is 30.6. The summed E-state index contributed by atoms with van der Waals surface area (Å²) in [6, 6.07) is 76.5. The molecule has 0 bridgehead atoms. The number of benzene rings is 10. The van der Waals surface area contributed by atoms with Crippen molar-refractivity contribution in [3.05, 3.63) is 212 Å². The lowest BCUT2D eigenvalue weighted by molar-refractivity contribution is 0.672. The number of para-hydroxylation sites is 2. The van der Waals surface area contributed by atoms with E-state index in [2.05, 4.69) is 205 Å². The van der Waals surface area contributed by atoms with Crippen molar-refractivity contribution in [1.82, 2.24) is 0 Å². The highest BCUT2D eigenvalue weighted by Gasteiger charge is 2.20. The Morgan fingerprint density at radius 2 is 0.857 bits per heavy atom. The van der Waals surface area contributed by atoms with Crippen LogP contribution in [-0.2, 0) is 0 Å². The van der Waals surface area contributed by atoms with Crippen molar-refractivity contribution >= 4 is 71.3 Å². The normalized spacial score (nSPS) is 11.6. The highest BCUT2D eigenvalue weighted by Crippen LogP contribution is 2.45. The van der Waals surface area contributed by atoms with Gasteiger partial charge in [0.25, 0.3) is 0 Å². The van der Waals surface area contributed by atoms with E-state index in [9.17, 15) is 0 Å². The third kappa shape index (κ3) is 5.34. The van der Waals surface area contributed by atoms with Crippen molar-refractivity contribution in [1.29, 1.82) is 0 Å². The fourth-order valence-corrected chi connectivity index (χ4v) is 8.53. The number of furan rings is 1. The summed E-state index contributed by atoms with van der Waals surface area (Å²) in [5.41, 5.74) is 12.3. The largest absolute Gasteiger partial charge is 0.455 e. The lowest BCUT2D eigenvalue weighted by Crippen LogP contribution is -2.11. The minimum absolute atomic E-state index is 0.916. The van der Waals surface area contributed by atoms with Gasteiger partial charge >= 0.3 is 0 Å². The van der Waals surface area contributed by atoms with Crippen LogP contribution in [0.5, 0.6) is 0 Å². The first-order chi connectivity index (χ1) is 27.8. The zero-order valence-corrected chi connectivity index (χ0v) is 30.6. The summed E-state index contributed by atoms with van der Waals surface area (Å²) in [6.07, 6.45) is 0. The Morgan fingerprint density at radius 3 is 1.68 bits per heavy atom. The smallest absolute Gasteiger partial charge is 0.143 e. The van der Waals surface area contributed by atoms with E-state index in [0.717, 1.165) is 60.9 Å². The van der Waals surface area contributed by atoms with Gasteiger partial charge in [-0.3, -0.25) is 0 Å². The minimum atomic E-state index is 0.916. The Kier molecular flexibility index (Phi) is 7.53. The molecule has 0 saturated heterocycles. The topological polar surface area (TPSA) is 16.4 Å². The lowest BCUT2D eigenvalue weighted by Gasteiger charge is -2.29. The highest BCUT2D eigenvalue weighted by atomic mass is 16.3. The molecule has 2 nitrogen and oxygen atoms in total. The summed E-state index contributed by atoms with van der Waals surface area (Å²) in [7, 11) is 0. The minimum Gasteiger partial charge on any atom is -0.455 e. The lowest BCUT2D eigenvalue weighted by atomic mass is 9.96. The molecule has 0 radical (unpaired) electrons. The van der Waals surface area contributed by atoms with Gasteiger partial charge in [0.1, 0.15) is 11.2 Å². The molecule has 0 fully saturated rings. The third-order valence-corrected chi connectivity index (χ3v) is 11.3. The molecular weight excluding hydrogens is 679 g/mol. The third-order valence-electron chi connectivity index (χ3n) is 11.3. The number of hydrogen-bond acceptors (Lipinski definition) is 2. The van der Waals surface area contributed by atoms with Crippen molar-refractivity contribution < 1.29 is 4.42 Å². The van der Waals surface area contributed by atoms with Crippen LogP contribution in [-0.4, -0.2) is 0 Å². The van der Waals surface area contributed by atoms with E-state index in [1.54, 1.807) is 0 Å². The highest BCUT2D eigenvalue weighted by molar-refractivity contribution is 6.15.